The van der Waals surface area contributed by atoms with Gasteiger partial charge in [-0.3, -0.25) is 9.59 Å². The van der Waals surface area contributed by atoms with Crippen LogP contribution >= 0.6 is 0 Å². The summed E-state index contributed by atoms with van der Waals surface area (Å²) in [4.78, 5) is 23.4. The van der Waals surface area contributed by atoms with E-state index in [1.54, 1.807) is 36.4 Å². The summed E-state index contributed by atoms with van der Waals surface area (Å²) in [5.41, 5.74) is 4.43. The molecule has 0 radical (unpaired) electrons. The van der Waals surface area contributed by atoms with Gasteiger partial charge in [-0.25, -0.2) is 5.43 Å². The molecular formula is C16H14N2O2. The van der Waals surface area contributed by atoms with E-state index >= 15 is 0 Å². The molecule has 0 spiro atoms. The number of ketones is 1. The first-order chi connectivity index (χ1) is 9.66. The van der Waals surface area contributed by atoms with Gasteiger partial charge >= 0.3 is 0 Å². The highest BCUT2D eigenvalue weighted by atomic mass is 16.2. The number of nitrogens with one attached hydrogen (secondary N) is 1. The Morgan fingerprint density at radius 1 is 0.950 bits per heavy atom. The van der Waals surface area contributed by atoms with Crippen LogP contribution in [0.2, 0.25) is 0 Å². The molecule has 20 heavy (non-hydrogen) atoms. The van der Waals surface area contributed by atoms with Crippen molar-refractivity contribution in [2.24, 2.45) is 5.10 Å². The molecule has 4 nitrogen and oxygen atoms in total. The van der Waals surface area contributed by atoms with Crippen molar-refractivity contribution in [2.45, 2.75) is 6.92 Å². The lowest BCUT2D eigenvalue weighted by atomic mass is 10.1. The molecule has 0 fully saturated rings. The summed E-state index contributed by atoms with van der Waals surface area (Å²) in [5, 5.41) is 3.67. The van der Waals surface area contributed by atoms with Gasteiger partial charge in [0.2, 0.25) is 5.78 Å². The van der Waals surface area contributed by atoms with Crippen LogP contribution in [-0.2, 0) is 0 Å². The van der Waals surface area contributed by atoms with Gasteiger partial charge in [0.05, 0.1) is 6.21 Å². The normalized spacial score (nSPS) is 10.4. The van der Waals surface area contributed by atoms with Gasteiger partial charge in [0.1, 0.15) is 0 Å². The van der Waals surface area contributed by atoms with E-state index in [0.29, 0.717) is 11.1 Å². The van der Waals surface area contributed by atoms with E-state index in [2.05, 4.69) is 10.5 Å². The standard InChI is InChI=1S/C16H14N2O2/c1-12-7-9-13(10-8-12)15(19)11-17-18-16(20)14-5-3-2-4-6-14/h2-11H,1H3,(H,18,20)/b17-11+. The summed E-state index contributed by atoms with van der Waals surface area (Å²) in [6, 6.07) is 15.8. The molecule has 0 bridgehead atoms. The van der Waals surface area contributed by atoms with Crippen LogP contribution in [0.1, 0.15) is 26.3 Å². The topological polar surface area (TPSA) is 58.5 Å². The predicted molar refractivity (Wildman–Crippen MR) is 77.9 cm³/mol. The molecule has 2 aromatic carbocycles. The number of hydrazone groups is 1. The molecule has 0 saturated carbocycles. The maximum absolute atomic E-state index is 11.8. The Hall–Kier alpha value is -2.75. The highest BCUT2D eigenvalue weighted by Gasteiger charge is 2.04. The van der Waals surface area contributed by atoms with Crippen molar-refractivity contribution in [1.82, 2.24) is 5.43 Å². The van der Waals surface area contributed by atoms with Crippen LogP contribution in [0, 0.1) is 6.92 Å². The Morgan fingerprint density at radius 3 is 2.25 bits per heavy atom. The van der Waals surface area contributed by atoms with E-state index in [4.69, 9.17) is 0 Å². The Balaban J connectivity index is 1.95. The minimum absolute atomic E-state index is 0.252. The predicted octanol–water partition coefficient (Wildman–Crippen LogP) is 2.59. The molecule has 100 valence electrons. The Bertz CT molecular complexity index is 631. The van der Waals surface area contributed by atoms with E-state index in [-0.39, 0.29) is 11.7 Å². The van der Waals surface area contributed by atoms with Gasteiger partial charge in [0.15, 0.2) is 0 Å². The monoisotopic (exact) mass is 266 g/mol. The summed E-state index contributed by atoms with van der Waals surface area (Å²) in [6.45, 7) is 1.95. The number of rotatable bonds is 4. The van der Waals surface area contributed by atoms with Crippen LogP contribution < -0.4 is 5.43 Å². The van der Waals surface area contributed by atoms with Crippen molar-refractivity contribution in [3.63, 3.8) is 0 Å². The zero-order valence-electron chi connectivity index (χ0n) is 11.0. The van der Waals surface area contributed by atoms with Crippen LogP contribution in [0.25, 0.3) is 0 Å². The fourth-order valence-electron chi connectivity index (χ4n) is 1.60. The number of benzene rings is 2. The number of carbonyl (C=O) groups is 2. The fraction of sp³-hybridized carbons (Fsp3) is 0.0625. The first-order valence-corrected chi connectivity index (χ1v) is 6.16. The highest BCUT2D eigenvalue weighted by molar-refractivity contribution is 6.35. The molecule has 0 unspecified atom stereocenters. The first-order valence-electron chi connectivity index (χ1n) is 6.16. The number of Topliss-reactive ketones (excluding diaryl/α,β-unsaturated/α-hetero) is 1. The third kappa shape index (κ3) is 3.62. The average molecular weight is 266 g/mol. The summed E-state index contributed by atoms with van der Waals surface area (Å²) in [7, 11) is 0. The van der Waals surface area contributed by atoms with Gasteiger partial charge < -0.3 is 0 Å². The molecular weight excluding hydrogens is 252 g/mol. The number of amides is 1. The van der Waals surface area contributed by atoms with Gasteiger partial charge in [-0.05, 0) is 19.1 Å². The molecule has 0 heterocycles. The molecule has 0 atom stereocenters. The van der Waals surface area contributed by atoms with Crippen LogP contribution in [0.3, 0.4) is 0 Å². The third-order valence-electron chi connectivity index (χ3n) is 2.72. The van der Waals surface area contributed by atoms with Gasteiger partial charge in [0.25, 0.3) is 5.91 Å². The first kappa shape index (κ1) is 13.7. The van der Waals surface area contributed by atoms with E-state index in [1.165, 1.54) is 0 Å². The van der Waals surface area contributed by atoms with Crippen LogP contribution in [-0.4, -0.2) is 17.9 Å². The Morgan fingerprint density at radius 2 is 1.60 bits per heavy atom. The van der Waals surface area contributed by atoms with Gasteiger partial charge in [-0.2, -0.15) is 5.10 Å². The lowest BCUT2D eigenvalue weighted by molar-refractivity contribution is 0.0955. The molecule has 2 aromatic rings. The fourth-order valence-corrected chi connectivity index (χ4v) is 1.60. The summed E-state index contributed by atoms with van der Waals surface area (Å²) < 4.78 is 0. The van der Waals surface area contributed by atoms with Crippen molar-refractivity contribution in [2.75, 3.05) is 0 Å². The molecule has 0 aliphatic heterocycles. The van der Waals surface area contributed by atoms with E-state index in [1.807, 2.05) is 25.1 Å². The van der Waals surface area contributed by atoms with Crippen molar-refractivity contribution in [3.8, 4) is 0 Å². The molecule has 0 saturated heterocycles. The second-order valence-corrected chi connectivity index (χ2v) is 4.30. The maximum Gasteiger partial charge on any atom is 0.271 e. The molecule has 4 heteroatoms. The molecule has 0 aliphatic carbocycles. The Labute approximate surface area is 117 Å². The molecule has 0 aliphatic rings. The number of carbonyl (C=O) groups excluding carboxylic acids is 2. The SMILES string of the molecule is Cc1ccc(C(=O)/C=N/NC(=O)c2ccccc2)cc1. The minimum Gasteiger partial charge on any atom is -0.287 e. The van der Waals surface area contributed by atoms with E-state index in [0.717, 1.165) is 11.8 Å². The zero-order chi connectivity index (χ0) is 14.4. The lowest BCUT2D eigenvalue weighted by Crippen LogP contribution is -2.18. The largest absolute Gasteiger partial charge is 0.287 e. The molecule has 2 rings (SSSR count). The van der Waals surface area contributed by atoms with Gasteiger partial charge in [-0.1, -0.05) is 48.0 Å². The zero-order valence-corrected chi connectivity index (χ0v) is 11.0. The minimum atomic E-state index is -0.349. The summed E-state index contributed by atoms with van der Waals surface area (Å²) in [5.74, 6) is -0.600. The average Bonchev–Trinajstić information content (AvgIpc) is 2.48. The van der Waals surface area contributed by atoms with Crippen LogP contribution in [0.4, 0.5) is 0 Å². The van der Waals surface area contributed by atoms with Crippen molar-refractivity contribution < 1.29 is 9.59 Å². The Kier molecular flexibility index (Phi) is 4.39. The van der Waals surface area contributed by atoms with Crippen molar-refractivity contribution >= 4 is 17.9 Å². The number of hydrogen-bond donors (Lipinski definition) is 1. The van der Waals surface area contributed by atoms with Crippen molar-refractivity contribution in [3.05, 3.63) is 71.3 Å². The highest BCUT2D eigenvalue weighted by Crippen LogP contribution is 2.03. The maximum atomic E-state index is 11.8. The van der Waals surface area contributed by atoms with Crippen LogP contribution in [0.5, 0.6) is 0 Å². The van der Waals surface area contributed by atoms with E-state index in [9.17, 15) is 9.59 Å². The number of hydrogen-bond acceptors (Lipinski definition) is 3. The molecule has 1 amide bonds. The van der Waals surface area contributed by atoms with Gasteiger partial charge in [-0.15, -0.1) is 0 Å². The lowest BCUT2D eigenvalue weighted by Gasteiger charge is -1.99. The summed E-state index contributed by atoms with van der Waals surface area (Å²) >= 11 is 0. The van der Waals surface area contributed by atoms with E-state index < -0.39 is 0 Å². The number of nitrogens with zero attached hydrogens (tertiary/aromatic N) is 1. The van der Waals surface area contributed by atoms with Crippen molar-refractivity contribution in [1.29, 1.82) is 0 Å². The molecule has 0 aromatic heterocycles. The second kappa shape index (κ2) is 6.43. The molecule has 1 N–H and O–H groups in total. The van der Waals surface area contributed by atoms with Crippen LogP contribution in [0.15, 0.2) is 59.7 Å². The quantitative estimate of drug-likeness (QED) is 0.525. The summed E-state index contributed by atoms with van der Waals surface area (Å²) in [6.07, 6.45) is 1.10. The van der Waals surface area contributed by atoms with Gasteiger partial charge in [0, 0.05) is 11.1 Å². The second-order valence-electron chi connectivity index (χ2n) is 4.30. The third-order valence-corrected chi connectivity index (χ3v) is 2.72. The smallest absolute Gasteiger partial charge is 0.271 e. The number of aryl methyl sites for hydroxylation is 1.